The Balaban J connectivity index is 2.88. The highest BCUT2D eigenvalue weighted by Crippen LogP contribution is 2.27. The average molecular weight is 256 g/mol. The first-order valence-electron chi connectivity index (χ1n) is 5.53. The molecule has 0 heterocycles. The van der Waals surface area contributed by atoms with Crippen LogP contribution in [0, 0.1) is 0 Å². The third-order valence-electron chi connectivity index (χ3n) is 2.74. The van der Waals surface area contributed by atoms with Crippen molar-refractivity contribution in [2.75, 3.05) is 17.5 Å². The molecule has 0 bridgehead atoms. The van der Waals surface area contributed by atoms with E-state index in [9.17, 15) is 8.42 Å². The third-order valence-corrected chi connectivity index (χ3v) is 3.35. The topological polar surface area (TPSA) is 72.2 Å². The van der Waals surface area contributed by atoms with Crippen LogP contribution in [0.1, 0.15) is 25.8 Å². The summed E-state index contributed by atoms with van der Waals surface area (Å²) in [6.07, 6.45) is 2.03. The van der Waals surface area contributed by atoms with Gasteiger partial charge in [-0.15, -0.1) is 0 Å². The Hall–Kier alpha value is -1.07. The fourth-order valence-corrected chi connectivity index (χ4v) is 2.27. The lowest BCUT2D eigenvalue weighted by Gasteiger charge is -2.24. The molecule has 0 amide bonds. The predicted molar refractivity (Wildman–Crippen MR) is 71.6 cm³/mol. The van der Waals surface area contributed by atoms with Gasteiger partial charge in [-0.2, -0.15) is 0 Å². The van der Waals surface area contributed by atoms with Gasteiger partial charge >= 0.3 is 0 Å². The summed E-state index contributed by atoms with van der Waals surface area (Å²) < 4.78 is 24.6. The molecule has 0 fully saturated rings. The second-order valence-corrected chi connectivity index (χ2v) is 6.62. The van der Waals surface area contributed by atoms with Crippen molar-refractivity contribution in [3.05, 3.63) is 29.8 Å². The summed E-state index contributed by atoms with van der Waals surface area (Å²) in [4.78, 5) is 0. The van der Waals surface area contributed by atoms with Crippen molar-refractivity contribution in [1.29, 1.82) is 0 Å². The van der Waals surface area contributed by atoms with E-state index in [4.69, 9.17) is 5.73 Å². The maximum absolute atomic E-state index is 11.1. The summed E-state index contributed by atoms with van der Waals surface area (Å²) in [5.74, 6) is 0. The van der Waals surface area contributed by atoms with Crippen LogP contribution in [-0.2, 0) is 15.4 Å². The lowest BCUT2D eigenvalue weighted by Crippen LogP contribution is -2.21. The molecule has 0 saturated carbocycles. The quantitative estimate of drug-likeness (QED) is 0.842. The summed E-state index contributed by atoms with van der Waals surface area (Å²) in [6, 6.07) is 7.41. The summed E-state index contributed by atoms with van der Waals surface area (Å²) in [5, 5.41) is 0. The third kappa shape index (κ3) is 4.36. The first-order chi connectivity index (χ1) is 7.74. The Morgan fingerprint density at radius 2 is 1.76 bits per heavy atom. The SMILES string of the molecule is CC(C)(CCN)c1ccc(NS(C)(=O)=O)cc1. The first kappa shape index (κ1) is 14.0. The first-order valence-corrected chi connectivity index (χ1v) is 7.42. The van der Waals surface area contributed by atoms with Gasteiger partial charge in [-0.25, -0.2) is 8.42 Å². The number of hydrogen-bond acceptors (Lipinski definition) is 3. The number of nitrogens with two attached hydrogens (primary N) is 1. The largest absolute Gasteiger partial charge is 0.330 e. The van der Waals surface area contributed by atoms with E-state index in [1.807, 2.05) is 12.1 Å². The van der Waals surface area contributed by atoms with Crippen LogP contribution in [0.5, 0.6) is 0 Å². The molecule has 0 unspecified atom stereocenters. The van der Waals surface area contributed by atoms with Crippen LogP contribution >= 0.6 is 0 Å². The molecule has 1 rings (SSSR count). The number of anilines is 1. The van der Waals surface area contributed by atoms with Crippen molar-refractivity contribution in [3.63, 3.8) is 0 Å². The van der Waals surface area contributed by atoms with E-state index in [0.717, 1.165) is 18.2 Å². The van der Waals surface area contributed by atoms with E-state index in [-0.39, 0.29) is 5.41 Å². The highest BCUT2D eigenvalue weighted by atomic mass is 32.2. The van der Waals surface area contributed by atoms with Gasteiger partial charge in [0.15, 0.2) is 0 Å². The number of benzene rings is 1. The minimum absolute atomic E-state index is 0.0123. The van der Waals surface area contributed by atoms with E-state index in [1.54, 1.807) is 12.1 Å². The lowest BCUT2D eigenvalue weighted by atomic mass is 9.81. The van der Waals surface area contributed by atoms with Gasteiger partial charge in [0.2, 0.25) is 10.0 Å². The van der Waals surface area contributed by atoms with Gasteiger partial charge in [-0.1, -0.05) is 26.0 Å². The lowest BCUT2D eigenvalue weighted by molar-refractivity contribution is 0.488. The average Bonchev–Trinajstić information content (AvgIpc) is 2.15. The van der Waals surface area contributed by atoms with Crippen LogP contribution in [0.25, 0.3) is 0 Å². The molecule has 1 aromatic rings. The molecule has 3 N–H and O–H groups in total. The van der Waals surface area contributed by atoms with Gasteiger partial charge in [0.05, 0.1) is 6.26 Å². The molecule has 5 heteroatoms. The molecule has 0 saturated heterocycles. The summed E-state index contributed by atoms with van der Waals surface area (Å²) in [6.45, 7) is 4.88. The molecule has 0 aliphatic rings. The van der Waals surface area contributed by atoms with Gasteiger partial charge in [0, 0.05) is 5.69 Å². The van der Waals surface area contributed by atoms with Crippen molar-refractivity contribution in [3.8, 4) is 0 Å². The normalized spacial score (nSPS) is 12.5. The zero-order valence-electron chi connectivity index (χ0n) is 10.5. The van der Waals surface area contributed by atoms with Crippen molar-refractivity contribution < 1.29 is 8.42 Å². The Kier molecular flexibility index (Phi) is 4.16. The number of nitrogens with one attached hydrogen (secondary N) is 1. The molecule has 0 atom stereocenters. The van der Waals surface area contributed by atoms with E-state index in [0.29, 0.717) is 12.2 Å². The van der Waals surface area contributed by atoms with Crippen LogP contribution in [0.2, 0.25) is 0 Å². The van der Waals surface area contributed by atoms with Crippen LogP contribution in [0.3, 0.4) is 0 Å². The van der Waals surface area contributed by atoms with Crippen LogP contribution < -0.4 is 10.5 Å². The highest BCUT2D eigenvalue weighted by Gasteiger charge is 2.19. The van der Waals surface area contributed by atoms with Crippen molar-refractivity contribution >= 4 is 15.7 Å². The fourth-order valence-electron chi connectivity index (χ4n) is 1.71. The summed E-state index contributed by atoms with van der Waals surface area (Å²) in [7, 11) is -3.21. The van der Waals surface area contributed by atoms with Crippen molar-refractivity contribution in [2.24, 2.45) is 5.73 Å². The standard InChI is InChI=1S/C12H20N2O2S/c1-12(2,8-9-13)10-4-6-11(7-5-10)14-17(3,15)16/h4-7,14H,8-9,13H2,1-3H3. The molecular weight excluding hydrogens is 236 g/mol. The highest BCUT2D eigenvalue weighted by molar-refractivity contribution is 7.92. The molecule has 17 heavy (non-hydrogen) atoms. The van der Waals surface area contributed by atoms with E-state index in [2.05, 4.69) is 18.6 Å². The minimum atomic E-state index is -3.21. The van der Waals surface area contributed by atoms with Gasteiger partial charge in [0.25, 0.3) is 0 Å². The van der Waals surface area contributed by atoms with Gasteiger partial charge in [0.1, 0.15) is 0 Å². The fraction of sp³-hybridized carbons (Fsp3) is 0.500. The molecule has 0 aliphatic carbocycles. The molecule has 1 aromatic carbocycles. The van der Waals surface area contributed by atoms with Gasteiger partial charge in [-0.3, -0.25) is 4.72 Å². The molecule has 96 valence electrons. The number of rotatable bonds is 5. The monoisotopic (exact) mass is 256 g/mol. The van der Waals surface area contributed by atoms with Crippen LogP contribution in [-0.4, -0.2) is 21.2 Å². The smallest absolute Gasteiger partial charge is 0.229 e. The molecule has 0 aromatic heterocycles. The van der Waals surface area contributed by atoms with E-state index >= 15 is 0 Å². The molecule has 0 radical (unpaired) electrons. The summed E-state index contributed by atoms with van der Waals surface area (Å²) in [5.41, 5.74) is 7.32. The molecule has 0 spiro atoms. The molecular formula is C12H20N2O2S. The zero-order valence-corrected chi connectivity index (χ0v) is 11.3. The second-order valence-electron chi connectivity index (χ2n) is 4.87. The van der Waals surface area contributed by atoms with Crippen LogP contribution in [0.15, 0.2) is 24.3 Å². The van der Waals surface area contributed by atoms with Crippen molar-refractivity contribution in [1.82, 2.24) is 0 Å². The Labute approximate surface area is 103 Å². The van der Waals surface area contributed by atoms with Crippen LogP contribution in [0.4, 0.5) is 5.69 Å². The predicted octanol–water partition coefficient (Wildman–Crippen LogP) is 1.68. The number of hydrogen-bond donors (Lipinski definition) is 2. The van der Waals surface area contributed by atoms with E-state index < -0.39 is 10.0 Å². The Bertz CT molecular complexity index is 464. The molecule has 0 aliphatic heterocycles. The Morgan fingerprint density at radius 1 is 1.24 bits per heavy atom. The van der Waals surface area contributed by atoms with Gasteiger partial charge < -0.3 is 5.73 Å². The molecule has 4 nitrogen and oxygen atoms in total. The Morgan fingerprint density at radius 3 is 2.18 bits per heavy atom. The van der Waals surface area contributed by atoms with E-state index in [1.165, 1.54) is 0 Å². The van der Waals surface area contributed by atoms with Gasteiger partial charge in [-0.05, 0) is 36.1 Å². The summed E-state index contributed by atoms with van der Waals surface area (Å²) >= 11 is 0. The zero-order chi connectivity index (χ0) is 13.1. The number of sulfonamides is 1. The van der Waals surface area contributed by atoms with Crippen molar-refractivity contribution in [2.45, 2.75) is 25.7 Å². The maximum atomic E-state index is 11.1. The maximum Gasteiger partial charge on any atom is 0.229 e. The minimum Gasteiger partial charge on any atom is -0.330 e. The second kappa shape index (κ2) is 5.06.